The van der Waals surface area contributed by atoms with Crippen LogP contribution in [-0.4, -0.2) is 59.1 Å². The van der Waals surface area contributed by atoms with Crippen LogP contribution in [0.2, 0.25) is 0 Å². The first-order chi connectivity index (χ1) is 17.7. The van der Waals surface area contributed by atoms with E-state index < -0.39 is 17.9 Å². The number of carbonyl (C=O) groups excluding carboxylic acids is 3. The van der Waals surface area contributed by atoms with Gasteiger partial charge in [-0.2, -0.15) is 0 Å². The number of phenols is 1. The average molecular weight is 526 g/mol. The molecule has 10 nitrogen and oxygen atoms in total. The molecule has 0 aliphatic rings. The highest BCUT2D eigenvalue weighted by Crippen LogP contribution is 2.20. The Morgan fingerprint density at radius 3 is 2.43 bits per heavy atom. The summed E-state index contributed by atoms with van der Waals surface area (Å²) in [6.07, 6.45) is 1.58. The monoisotopic (exact) mass is 525 g/mol. The first kappa shape index (κ1) is 27.6. The Morgan fingerprint density at radius 1 is 1.05 bits per heavy atom. The summed E-state index contributed by atoms with van der Waals surface area (Å²) < 4.78 is 4.79. The molecule has 2 heterocycles. The van der Waals surface area contributed by atoms with Crippen LogP contribution in [0.3, 0.4) is 0 Å². The summed E-state index contributed by atoms with van der Waals surface area (Å²) in [5, 5.41) is 20.1. The minimum Gasteiger partial charge on any atom is -0.508 e. The highest BCUT2D eigenvalue weighted by Gasteiger charge is 2.25. The molecular weight excluding hydrogens is 494 g/mol. The lowest BCUT2D eigenvalue weighted by atomic mass is 10.0. The van der Waals surface area contributed by atoms with Crippen LogP contribution < -0.4 is 16.0 Å². The van der Waals surface area contributed by atoms with Gasteiger partial charge in [0.15, 0.2) is 0 Å². The summed E-state index contributed by atoms with van der Waals surface area (Å²) in [5.74, 6) is -0.887. The van der Waals surface area contributed by atoms with Crippen molar-refractivity contribution in [3.05, 3.63) is 68.7 Å². The van der Waals surface area contributed by atoms with Crippen LogP contribution in [0.15, 0.2) is 35.7 Å². The summed E-state index contributed by atoms with van der Waals surface area (Å²) in [7, 11) is 1.21. The van der Waals surface area contributed by atoms with Gasteiger partial charge in [-0.25, -0.2) is 14.8 Å². The van der Waals surface area contributed by atoms with Gasteiger partial charge in [0, 0.05) is 13.1 Å². The number of rotatable bonds is 11. The van der Waals surface area contributed by atoms with E-state index in [2.05, 4.69) is 25.9 Å². The van der Waals surface area contributed by atoms with Crippen LogP contribution in [0, 0.1) is 20.8 Å². The number of aryl methyl sites for hydroxylation is 3. The van der Waals surface area contributed by atoms with Crippen molar-refractivity contribution >= 4 is 35.1 Å². The molecule has 0 aliphatic carbocycles. The Hall–Kier alpha value is -3.99. The van der Waals surface area contributed by atoms with Crippen molar-refractivity contribution in [2.45, 2.75) is 39.7 Å². The zero-order valence-electron chi connectivity index (χ0n) is 21.3. The zero-order chi connectivity index (χ0) is 26.9. The number of anilines is 1. The fourth-order valence-corrected chi connectivity index (χ4v) is 4.44. The van der Waals surface area contributed by atoms with Gasteiger partial charge in [0.2, 0.25) is 5.95 Å². The van der Waals surface area contributed by atoms with Crippen molar-refractivity contribution in [3.8, 4) is 5.75 Å². The molecule has 0 bridgehead atoms. The minimum atomic E-state index is -1.08. The molecule has 2 amide bonds. The molecular formula is C26H31N5O5S. The number of thiophene rings is 1. The lowest BCUT2D eigenvalue weighted by molar-refractivity contribution is -0.142. The molecule has 0 fully saturated rings. The summed E-state index contributed by atoms with van der Waals surface area (Å²) in [6, 6.07) is 7.81. The van der Waals surface area contributed by atoms with E-state index in [4.69, 9.17) is 4.74 Å². The number of ether oxygens (including phenoxy) is 1. The number of hydrogen-bond acceptors (Lipinski definition) is 9. The van der Waals surface area contributed by atoms with Crippen molar-refractivity contribution in [2.24, 2.45) is 0 Å². The second kappa shape index (κ2) is 12.8. The highest BCUT2D eigenvalue weighted by atomic mass is 32.1. The van der Waals surface area contributed by atoms with Crippen LogP contribution in [0.1, 0.15) is 49.0 Å². The summed E-state index contributed by atoms with van der Waals surface area (Å²) >= 11 is 1.27. The fraction of sp³-hybridized carbons (Fsp3) is 0.346. The molecule has 0 radical (unpaired) electrons. The third-order valence-corrected chi connectivity index (χ3v) is 6.69. The second-order valence-corrected chi connectivity index (χ2v) is 9.37. The Morgan fingerprint density at radius 2 is 1.78 bits per heavy atom. The molecule has 0 aliphatic heterocycles. The first-order valence-electron chi connectivity index (χ1n) is 11.8. The van der Waals surface area contributed by atoms with E-state index in [0.29, 0.717) is 28.8 Å². The standard InChI is InChI=1S/C26H31N5O5S/c1-15-18(8-5-10-20(15)32)9-6-12-27-26-29-16(2)22(17(3)30-26)24(34)31-19(25(35)36-4)14-28-23(33)21-11-7-13-37-21/h5,7-8,10-11,13,19,32H,6,9,12,14H2,1-4H3,(H,28,33)(H,31,34)(H,27,29,30). The van der Waals surface area contributed by atoms with Crippen molar-refractivity contribution in [1.29, 1.82) is 0 Å². The Kier molecular flexibility index (Phi) is 9.56. The van der Waals surface area contributed by atoms with Gasteiger partial charge < -0.3 is 25.8 Å². The van der Waals surface area contributed by atoms with Crippen molar-refractivity contribution < 1.29 is 24.2 Å². The van der Waals surface area contributed by atoms with Crippen LogP contribution in [0.5, 0.6) is 5.75 Å². The van der Waals surface area contributed by atoms with Gasteiger partial charge in [-0.1, -0.05) is 18.2 Å². The molecule has 0 spiro atoms. The van der Waals surface area contributed by atoms with E-state index >= 15 is 0 Å². The van der Waals surface area contributed by atoms with E-state index in [-0.39, 0.29) is 23.8 Å². The van der Waals surface area contributed by atoms with E-state index in [9.17, 15) is 19.5 Å². The van der Waals surface area contributed by atoms with Gasteiger partial charge in [-0.05, 0) is 62.3 Å². The van der Waals surface area contributed by atoms with Gasteiger partial charge in [0.25, 0.3) is 11.8 Å². The van der Waals surface area contributed by atoms with Gasteiger partial charge in [0.1, 0.15) is 11.8 Å². The number of methoxy groups -OCH3 is 1. The molecule has 3 aromatic rings. The summed E-state index contributed by atoms with van der Waals surface area (Å²) in [5.41, 5.74) is 3.09. The summed E-state index contributed by atoms with van der Waals surface area (Å²) in [6.45, 7) is 5.74. The number of amides is 2. The largest absolute Gasteiger partial charge is 0.508 e. The Labute approximate surface area is 219 Å². The minimum absolute atomic E-state index is 0.133. The van der Waals surface area contributed by atoms with Crippen molar-refractivity contribution in [2.75, 3.05) is 25.5 Å². The van der Waals surface area contributed by atoms with E-state index in [1.54, 1.807) is 37.4 Å². The van der Waals surface area contributed by atoms with E-state index in [1.807, 2.05) is 19.1 Å². The number of hydrogen-bond donors (Lipinski definition) is 4. The molecule has 1 atom stereocenters. The average Bonchev–Trinajstić information content (AvgIpc) is 3.41. The van der Waals surface area contributed by atoms with Gasteiger partial charge in [-0.3, -0.25) is 9.59 Å². The highest BCUT2D eigenvalue weighted by molar-refractivity contribution is 7.12. The maximum absolute atomic E-state index is 13.0. The summed E-state index contributed by atoms with van der Waals surface area (Å²) in [4.78, 5) is 46.8. The van der Waals surface area contributed by atoms with E-state index in [1.165, 1.54) is 18.4 Å². The number of carbonyl (C=O) groups is 3. The fourth-order valence-electron chi connectivity index (χ4n) is 3.80. The number of esters is 1. The zero-order valence-corrected chi connectivity index (χ0v) is 22.1. The molecule has 0 saturated carbocycles. The normalized spacial score (nSPS) is 11.5. The quantitative estimate of drug-likeness (QED) is 0.221. The first-order valence-corrected chi connectivity index (χ1v) is 12.7. The van der Waals surface area contributed by atoms with Gasteiger partial charge in [-0.15, -0.1) is 11.3 Å². The van der Waals surface area contributed by atoms with Crippen LogP contribution in [0.25, 0.3) is 0 Å². The SMILES string of the molecule is COC(=O)C(CNC(=O)c1cccs1)NC(=O)c1c(C)nc(NCCCc2cccc(O)c2C)nc1C. The lowest BCUT2D eigenvalue weighted by Gasteiger charge is -2.18. The molecule has 1 aromatic carbocycles. The molecule has 196 valence electrons. The molecule has 3 rings (SSSR count). The molecule has 1 unspecified atom stereocenters. The Bertz CT molecular complexity index is 1240. The maximum atomic E-state index is 13.0. The third kappa shape index (κ3) is 7.26. The van der Waals surface area contributed by atoms with Crippen LogP contribution >= 0.6 is 11.3 Å². The lowest BCUT2D eigenvalue weighted by Crippen LogP contribution is -2.49. The van der Waals surface area contributed by atoms with Crippen molar-refractivity contribution in [3.63, 3.8) is 0 Å². The number of nitrogens with one attached hydrogen (secondary N) is 3. The molecule has 0 saturated heterocycles. The molecule has 4 N–H and O–H groups in total. The predicted octanol–water partition coefficient (Wildman–Crippen LogP) is 2.92. The topological polar surface area (TPSA) is 143 Å². The third-order valence-electron chi connectivity index (χ3n) is 5.82. The second-order valence-electron chi connectivity index (χ2n) is 8.42. The molecule has 37 heavy (non-hydrogen) atoms. The molecule has 2 aromatic heterocycles. The molecule has 11 heteroatoms. The maximum Gasteiger partial charge on any atom is 0.330 e. The van der Waals surface area contributed by atoms with E-state index in [0.717, 1.165) is 24.0 Å². The number of nitrogens with zero attached hydrogens (tertiary/aromatic N) is 2. The van der Waals surface area contributed by atoms with Crippen LogP contribution in [-0.2, 0) is 16.0 Å². The Balaban J connectivity index is 1.60. The number of aromatic hydroxyl groups is 1. The predicted molar refractivity (Wildman–Crippen MR) is 141 cm³/mol. The van der Waals surface area contributed by atoms with Gasteiger partial charge in [0.05, 0.1) is 28.9 Å². The smallest absolute Gasteiger partial charge is 0.330 e. The van der Waals surface area contributed by atoms with Crippen molar-refractivity contribution in [1.82, 2.24) is 20.6 Å². The number of phenolic OH excluding ortho intramolecular Hbond substituents is 1. The number of benzene rings is 1. The number of aromatic nitrogens is 2. The van der Waals surface area contributed by atoms with Crippen LogP contribution in [0.4, 0.5) is 5.95 Å². The van der Waals surface area contributed by atoms with Gasteiger partial charge >= 0.3 is 5.97 Å².